The molecular formula is C20H34O. The van der Waals surface area contributed by atoms with E-state index in [4.69, 9.17) is 4.74 Å². The first-order chi connectivity index (χ1) is 9.81. The highest BCUT2D eigenvalue weighted by Gasteiger charge is 2.25. The van der Waals surface area contributed by atoms with E-state index in [1.807, 2.05) is 0 Å². The van der Waals surface area contributed by atoms with E-state index in [9.17, 15) is 0 Å². The molecule has 1 heteroatoms. The lowest BCUT2D eigenvalue weighted by atomic mass is 9.84. The standard InChI is InChI=1S/C20H34O/c1-16(2)8-7-9-17(3)14-15-21-20(5,6)19-12-10-18(4)11-13-19/h8,12,14,18H,7,9-11,13,15H2,1-6H3/b17-14+. The van der Waals surface area contributed by atoms with Crippen LogP contribution in [0.4, 0.5) is 0 Å². The molecule has 0 bridgehead atoms. The first-order valence-corrected chi connectivity index (χ1v) is 8.43. The molecule has 0 aliphatic heterocycles. The highest BCUT2D eigenvalue weighted by molar-refractivity contribution is 5.17. The van der Waals surface area contributed by atoms with Gasteiger partial charge in [0.2, 0.25) is 0 Å². The zero-order valence-electron chi connectivity index (χ0n) is 15.0. The zero-order chi connectivity index (χ0) is 15.9. The van der Waals surface area contributed by atoms with Crippen molar-refractivity contribution in [1.29, 1.82) is 0 Å². The molecule has 0 saturated heterocycles. The molecule has 0 amide bonds. The van der Waals surface area contributed by atoms with Gasteiger partial charge in [-0.1, -0.05) is 36.3 Å². The Hall–Kier alpha value is -0.820. The predicted octanol–water partition coefficient (Wildman–Crippen LogP) is 6.22. The minimum absolute atomic E-state index is 0.114. The van der Waals surface area contributed by atoms with Gasteiger partial charge in [0, 0.05) is 0 Å². The average Bonchev–Trinajstić information content (AvgIpc) is 2.38. The van der Waals surface area contributed by atoms with Crippen molar-refractivity contribution >= 4 is 0 Å². The maximum atomic E-state index is 6.14. The molecule has 0 saturated carbocycles. The number of ether oxygens (including phenoxy) is 1. The molecular weight excluding hydrogens is 256 g/mol. The number of hydrogen-bond donors (Lipinski definition) is 0. The Morgan fingerprint density at radius 2 is 2.00 bits per heavy atom. The summed E-state index contributed by atoms with van der Waals surface area (Å²) < 4.78 is 6.14. The van der Waals surface area contributed by atoms with E-state index in [0.29, 0.717) is 0 Å². The number of rotatable bonds is 7. The Morgan fingerprint density at radius 3 is 2.57 bits per heavy atom. The molecule has 1 aliphatic rings. The highest BCUT2D eigenvalue weighted by atomic mass is 16.5. The van der Waals surface area contributed by atoms with Gasteiger partial charge in [-0.2, -0.15) is 0 Å². The largest absolute Gasteiger partial charge is 0.367 e. The Morgan fingerprint density at radius 1 is 1.29 bits per heavy atom. The third-order valence-electron chi connectivity index (χ3n) is 4.41. The molecule has 21 heavy (non-hydrogen) atoms. The lowest BCUT2D eigenvalue weighted by Crippen LogP contribution is -2.29. The zero-order valence-corrected chi connectivity index (χ0v) is 15.0. The van der Waals surface area contributed by atoms with Crippen LogP contribution in [0.15, 0.2) is 34.9 Å². The van der Waals surface area contributed by atoms with Crippen molar-refractivity contribution in [2.24, 2.45) is 5.92 Å². The smallest absolute Gasteiger partial charge is 0.0839 e. The van der Waals surface area contributed by atoms with Crippen LogP contribution in [0.5, 0.6) is 0 Å². The number of hydrogen-bond acceptors (Lipinski definition) is 1. The van der Waals surface area contributed by atoms with Gasteiger partial charge >= 0.3 is 0 Å². The van der Waals surface area contributed by atoms with Crippen LogP contribution in [-0.2, 0) is 4.74 Å². The summed E-state index contributed by atoms with van der Waals surface area (Å²) in [4.78, 5) is 0. The fourth-order valence-corrected chi connectivity index (χ4v) is 2.69. The second kappa shape index (κ2) is 8.58. The quantitative estimate of drug-likeness (QED) is 0.506. The van der Waals surface area contributed by atoms with E-state index in [0.717, 1.165) is 25.4 Å². The van der Waals surface area contributed by atoms with Crippen molar-refractivity contribution < 1.29 is 4.74 Å². The molecule has 1 unspecified atom stereocenters. The number of allylic oxidation sites excluding steroid dienone is 4. The van der Waals surface area contributed by atoms with Gasteiger partial charge in [0.25, 0.3) is 0 Å². The third kappa shape index (κ3) is 7.13. The lowest BCUT2D eigenvalue weighted by Gasteiger charge is -2.32. The maximum absolute atomic E-state index is 6.14. The molecule has 1 nitrogen and oxygen atoms in total. The summed E-state index contributed by atoms with van der Waals surface area (Å²) in [6, 6.07) is 0. The Bertz CT molecular complexity index is 406. The Labute approximate surface area is 132 Å². The molecule has 1 rings (SSSR count). The molecule has 0 N–H and O–H groups in total. The van der Waals surface area contributed by atoms with Crippen LogP contribution >= 0.6 is 0 Å². The van der Waals surface area contributed by atoms with E-state index in [-0.39, 0.29) is 5.60 Å². The summed E-state index contributed by atoms with van der Waals surface area (Å²) in [5.74, 6) is 0.835. The van der Waals surface area contributed by atoms with Gasteiger partial charge in [-0.05, 0) is 78.2 Å². The summed E-state index contributed by atoms with van der Waals surface area (Å²) in [6.07, 6.45) is 12.9. The first-order valence-electron chi connectivity index (χ1n) is 8.43. The normalized spacial score (nSPS) is 20.2. The van der Waals surface area contributed by atoms with E-state index < -0.39 is 0 Å². The summed E-state index contributed by atoms with van der Waals surface area (Å²) >= 11 is 0. The topological polar surface area (TPSA) is 9.23 Å². The molecule has 0 heterocycles. The van der Waals surface area contributed by atoms with Crippen LogP contribution < -0.4 is 0 Å². The van der Waals surface area contributed by atoms with Gasteiger partial charge in [0.15, 0.2) is 0 Å². The van der Waals surface area contributed by atoms with Crippen LogP contribution in [0.25, 0.3) is 0 Å². The molecule has 0 radical (unpaired) electrons. The summed E-state index contributed by atoms with van der Waals surface area (Å²) in [6.45, 7) is 14.0. The monoisotopic (exact) mass is 290 g/mol. The molecule has 120 valence electrons. The van der Waals surface area contributed by atoms with Crippen molar-refractivity contribution in [3.05, 3.63) is 34.9 Å². The fourth-order valence-electron chi connectivity index (χ4n) is 2.69. The van der Waals surface area contributed by atoms with Gasteiger partial charge in [0.05, 0.1) is 12.2 Å². The van der Waals surface area contributed by atoms with Crippen molar-refractivity contribution in [1.82, 2.24) is 0 Å². The Balaban J connectivity index is 2.41. The van der Waals surface area contributed by atoms with Gasteiger partial charge in [0.1, 0.15) is 0 Å². The SMILES string of the molecule is CC(C)=CCC/C(C)=C/COC(C)(C)C1=CCC(C)CC1. The lowest BCUT2D eigenvalue weighted by molar-refractivity contribution is 0.0245. The van der Waals surface area contributed by atoms with Crippen LogP contribution in [-0.4, -0.2) is 12.2 Å². The van der Waals surface area contributed by atoms with Crippen LogP contribution in [0.3, 0.4) is 0 Å². The molecule has 0 aromatic rings. The van der Waals surface area contributed by atoms with Crippen LogP contribution in [0, 0.1) is 5.92 Å². The van der Waals surface area contributed by atoms with E-state index in [1.54, 1.807) is 0 Å². The van der Waals surface area contributed by atoms with Crippen molar-refractivity contribution in [3.63, 3.8) is 0 Å². The van der Waals surface area contributed by atoms with Crippen LogP contribution in [0.2, 0.25) is 0 Å². The Kier molecular flexibility index (Phi) is 7.45. The van der Waals surface area contributed by atoms with Gasteiger partial charge in [-0.15, -0.1) is 0 Å². The van der Waals surface area contributed by atoms with E-state index >= 15 is 0 Å². The average molecular weight is 290 g/mol. The fraction of sp³-hybridized carbons (Fsp3) is 0.700. The molecule has 0 fully saturated rings. The second-order valence-corrected chi connectivity index (χ2v) is 7.30. The van der Waals surface area contributed by atoms with Crippen molar-refractivity contribution in [3.8, 4) is 0 Å². The predicted molar refractivity (Wildman–Crippen MR) is 93.6 cm³/mol. The van der Waals surface area contributed by atoms with Gasteiger partial charge < -0.3 is 4.74 Å². The van der Waals surface area contributed by atoms with Crippen LogP contribution in [0.1, 0.15) is 73.6 Å². The van der Waals surface area contributed by atoms with Crippen molar-refractivity contribution in [2.45, 2.75) is 79.2 Å². The third-order valence-corrected chi connectivity index (χ3v) is 4.41. The summed E-state index contributed by atoms with van der Waals surface area (Å²) in [7, 11) is 0. The molecule has 0 spiro atoms. The second-order valence-electron chi connectivity index (χ2n) is 7.30. The molecule has 1 aliphatic carbocycles. The van der Waals surface area contributed by atoms with Crippen molar-refractivity contribution in [2.75, 3.05) is 6.61 Å². The molecule has 0 aromatic heterocycles. The summed E-state index contributed by atoms with van der Waals surface area (Å²) in [5, 5.41) is 0. The molecule has 1 atom stereocenters. The highest BCUT2D eigenvalue weighted by Crippen LogP contribution is 2.32. The minimum Gasteiger partial charge on any atom is -0.367 e. The molecule has 0 aromatic carbocycles. The summed E-state index contributed by atoms with van der Waals surface area (Å²) in [5.41, 5.74) is 4.20. The van der Waals surface area contributed by atoms with Gasteiger partial charge in [-0.3, -0.25) is 0 Å². The minimum atomic E-state index is -0.114. The maximum Gasteiger partial charge on any atom is 0.0839 e. The van der Waals surface area contributed by atoms with E-state index in [2.05, 4.69) is 59.8 Å². The first kappa shape index (κ1) is 18.2. The van der Waals surface area contributed by atoms with Gasteiger partial charge in [-0.25, -0.2) is 0 Å². The van der Waals surface area contributed by atoms with E-state index in [1.165, 1.54) is 36.0 Å².